The van der Waals surface area contributed by atoms with Crippen LogP contribution in [0.5, 0.6) is 5.75 Å². The number of hydrogen-bond donors (Lipinski definition) is 0. The fourth-order valence-electron chi connectivity index (χ4n) is 2.50. The van der Waals surface area contributed by atoms with Gasteiger partial charge in [-0.25, -0.2) is 0 Å². The Kier molecular flexibility index (Phi) is 3.36. The maximum absolute atomic E-state index is 11.7. The number of hydrogen-bond acceptors (Lipinski definition) is 3. The number of carbonyl (C=O) groups is 1. The Balaban J connectivity index is 2.22. The van der Waals surface area contributed by atoms with Crippen LogP contribution in [0.25, 0.3) is 0 Å². The number of ether oxygens (including phenoxy) is 2. The van der Waals surface area contributed by atoms with Crippen molar-refractivity contribution in [3.8, 4) is 5.75 Å². The minimum atomic E-state index is -0.0814. The summed E-state index contributed by atoms with van der Waals surface area (Å²) in [5.74, 6) is 0.797. The van der Waals surface area contributed by atoms with Gasteiger partial charge in [-0.1, -0.05) is 6.07 Å². The van der Waals surface area contributed by atoms with Crippen molar-refractivity contribution >= 4 is 5.97 Å². The number of benzene rings is 1. The standard InChI is InChI=1S/C14H18O3/c1-4-17-14(15)11-7-10-5-6-13(16-3)9(2)12(10)8-11/h5-6,11H,4,7-8H2,1-3H3. The molecule has 1 atom stereocenters. The number of rotatable bonds is 3. The van der Waals surface area contributed by atoms with E-state index in [-0.39, 0.29) is 11.9 Å². The maximum atomic E-state index is 11.7. The van der Waals surface area contributed by atoms with Crippen LogP contribution < -0.4 is 4.74 Å². The van der Waals surface area contributed by atoms with Gasteiger partial charge in [0.15, 0.2) is 0 Å². The number of methoxy groups -OCH3 is 1. The van der Waals surface area contributed by atoms with Gasteiger partial charge < -0.3 is 9.47 Å². The number of carbonyl (C=O) groups excluding carboxylic acids is 1. The Hall–Kier alpha value is -1.51. The molecule has 0 heterocycles. The second kappa shape index (κ2) is 4.78. The molecule has 1 aromatic rings. The molecule has 0 aromatic heterocycles. The highest BCUT2D eigenvalue weighted by atomic mass is 16.5. The second-order valence-corrected chi connectivity index (χ2v) is 4.39. The summed E-state index contributed by atoms with van der Waals surface area (Å²) < 4.78 is 10.4. The van der Waals surface area contributed by atoms with E-state index in [2.05, 4.69) is 6.07 Å². The Labute approximate surface area is 102 Å². The van der Waals surface area contributed by atoms with E-state index in [1.54, 1.807) is 7.11 Å². The van der Waals surface area contributed by atoms with Crippen molar-refractivity contribution in [3.63, 3.8) is 0 Å². The highest BCUT2D eigenvalue weighted by Crippen LogP contribution is 2.34. The van der Waals surface area contributed by atoms with E-state index in [1.807, 2.05) is 19.9 Å². The SMILES string of the molecule is CCOC(=O)C1Cc2ccc(OC)c(C)c2C1. The largest absolute Gasteiger partial charge is 0.496 e. The van der Waals surface area contributed by atoms with Gasteiger partial charge in [-0.2, -0.15) is 0 Å². The molecule has 0 aliphatic heterocycles. The molecule has 1 unspecified atom stereocenters. The van der Waals surface area contributed by atoms with E-state index in [1.165, 1.54) is 11.1 Å². The van der Waals surface area contributed by atoms with Crippen LogP contribution in [-0.2, 0) is 22.4 Å². The summed E-state index contributed by atoms with van der Waals surface area (Å²) in [5.41, 5.74) is 3.65. The molecule has 0 fully saturated rings. The fourth-order valence-corrected chi connectivity index (χ4v) is 2.50. The third-order valence-corrected chi connectivity index (χ3v) is 3.40. The molecule has 0 bridgehead atoms. The molecular weight excluding hydrogens is 216 g/mol. The van der Waals surface area contributed by atoms with E-state index >= 15 is 0 Å². The average molecular weight is 234 g/mol. The van der Waals surface area contributed by atoms with Crippen molar-refractivity contribution in [1.29, 1.82) is 0 Å². The Morgan fingerprint density at radius 3 is 2.82 bits per heavy atom. The van der Waals surface area contributed by atoms with Crippen LogP contribution in [0.3, 0.4) is 0 Å². The van der Waals surface area contributed by atoms with Gasteiger partial charge in [-0.3, -0.25) is 4.79 Å². The van der Waals surface area contributed by atoms with E-state index < -0.39 is 0 Å². The van der Waals surface area contributed by atoms with Crippen molar-refractivity contribution in [2.24, 2.45) is 5.92 Å². The summed E-state index contributed by atoms with van der Waals surface area (Å²) in [7, 11) is 1.67. The minimum absolute atomic E-state index is 0.0178. The van der Waals surface area contributed by atoms with Gasteiger partial charge >= 0.3 is 5.97 Å². The van der Waals surface area contributed by atoms with E-state index in [0.717, 1.165) is 24.2 Å². The van der Waals surface area contributed by atoms with Gasteiger partial charge in [-0.15, -0.1) is 0 Å². The summed E-state index contributed by atoms with van der Waals surface area (Å²) in [6, 6.07) is 4.03. The Morgan fingerprint density at radius 1 is 1.41 bits per heavy atom. The van der Waals surface area contributed by atoms with Gasteiger partial charge in [0, 0.05) is 0 Å². The van der Waals surface area contributed by atoms with Gasteiger partial charge in [0.05, 0.1) is 19.6 Å². The molecular formula is C14H18O3. The topological polar surface area (TPSA) is 35.5 Å². The zero-order valence-electron chi connectivity index (χ0n) is 10.6. The van der Waals surface area contributed by atoms with Crippen LogP contribution in [0.15, 0.2) is 12.1 Å². The minimum Gasteiger partial charge on any atom is -0.496 e. The lowest BCUT2D eigenvalue weighted by molar-refractivity contribution is -0.147. The smallest absolute Gasteiger partial charge is 0.309 e. The molecule has 3 heteroatoms. The normalized spacial score (nSPS) is 17.7. The zero-order chi connectivity index (χ0) is 12.4. The average Bonchev–Trinajstić information content (AvgIpc) is 2.75. The summed E-state index contributed by atoms with van der Waals surface area (Å²) in [6.07, 6.45) is 1.57. The first-order valence-electron chi connectivity index (χ1n) is 5.99. The molecule has 0 radical (unpaired) electrons. The summed E-state index contributed by atoms with van der Waals surface area (Å²) in [4.78, 5) is 11.7. The van der Waals surface area contributed by atoms with Crippen molar-refractivity contribution in [2.45, 2.75) is 26.7 Å². The zero-order valence-corrected chi connectivity index (χ0v) is 10.6. The van der Waals surface area contributed by atoms with Crippen LogP contribution >= 0.6 is 0 Å². The predicted octanol–water partition coefficient (Wildman–Crippen LogP) is 2.28. The second-order valence-electron chi connectivity index (χ2n) is 4.39. The van der Waals surface area contributed by atoms with Crippen molar-refractivity contribution in [3.05, 3.63) is 28.8 Å². The molecule has 0 saturated heterocycles. The molecule has 92 valence electrons. The van der Waals surface area contributed by atoms with Gasteiger partial charge in [0.1, 0.15) is 5.75 Å². The van der Waals surface area contributed by atoms with Gasteiger partial charge in [0.2, 0.25) is 0 Å². The fraction of sp³-hybridized carbons (Fsp3) is 0.500. The summed E-state index contributed by atoms with van der Waals surface area (Å²) in [5, 5.41) is 0. The van der Waals surface area contributed by atoms with E-state index in [0.29, 0.717) is 6.61 Å². The molecule has 1 aromatic carbocycles. The van der Waals surface area contributed by atoms with E-state index in [4.69, 9.17) is 9.47 Å². The van der Waals surface area contributed by atoms with Crippen LogP contribution in [0.2, 0.25) is 0 Å². The predicted molar refractivity (Wildman–Crippen MR) is 65.3 cm³/mol. The van der Waals surface area contributed by atoms with Gasteiger partial charge in [-0.05, 0) is 49.4 Å². The first-order chi connectivity index (χ1) is 8.17. The third-order valence-electron chi connectivity index (χ3n) is 3.40. The lowest BCUT2D eigenvalue weighted by Gasteiger charge is -2.09. The molecule has 0 saturated carbocycles. The molecule has 0 N–H and O–H groups in total. The first kappa shape index (κ1) is 12.0. The lowest BCUT2D eigenvalue weighted by Crippen LogP contribution is -2.17. The van der Waals surface area contributed by atoms with Gasteiger partial charge in [0.25, 0.3) is 0 Å². The molecule has 2 rings (SSSR count). The van der Waals surface area contributed by atoms with Crippen LogP contribution in [0.4, 0.5) is 0 Å². The summed E-state index contributed by atoms with van der Waals surface area (Å²) in [6.45, 7) is 4.34. The summed E-state index contributed by atoms with van der Waals surface area (Å²) >= 11 is 0. The monoisotopic (exact) mass is 234 g/mol. The highest BCUT2D eigenvalue weighted by molar-refractivity contribution is 5.75. The van der Waals surface area contributed by atoms with Crippen LogP contribution in [-0.4, -0.2) is 19.7 Å². The van der Waals surface area contributed by atoms with Crippen molar-refractivity contribution < 1.29 is 14.3 Å². The lowest BCUT2D eigenvalue weighted by atomic mass is 10.0. The van der Waals surface area contributed by atoms with Crippen LogP contribution in [0, 0.1) is 12.8 Å². The highest BCUT2D eigenvalue weighted by Gasteiger charge is 2.30. The molecule has 17 heavy (non-hydrogen) atoms. The quantitative estimate of drug-likeness (QED) is 0.753. The molecule has 1 aliphatic carbocycles. The van der Waals surface area contributed by atoms with Crippen molar-refractivity contribution in [2.75, 3.05) is 13.7 Å². The van der Waals surface area contributed by atoms with Crippen molar-refractivity contribution in [1.82, 2.24) is 0 Å². The Bertz CT molecular complexity index is 437. The molecule has 1 aliphatic rings. The number of esters is 1. The molecule has 3 nitrogen and oxygen atoms in total. The molecule has 0 spiro atoms. The maximum Gasteiger partial charge on any atom is 0.309 e. The third kappa shape index (κ3) is 2.14. The molecule has 0 amide bonds. The van der Waals surface area contributed by atoms with Crippen LogP contribution in [0.1, 0.15) is 23.6 Å². The first-order valence-corrected chi connectivity index (χ1v) is 5.99. The number of fused-ring (bicyclic) bond motifs is 1. The van der Waals surface area contributed by atoms with E-state index in [9.17, 15) is 4.79 Å². The Morgan fingerprint density at radius 2 is 2.18 bits per heavy atom.